The largest absolute Gasteiger partial charge is 0.497 e. The van der Waals surface area contributed by atoms with Gasteiger partial charge in [0.2, 0.25) is 0 Å². The molecule has 168 valence electrons. The Kier molecular flexibility index (Phi) is 6.23. The van der Waals surface area contributed by atoms with Crippen molar-refractivity contribution in [2.75, 3.05) is 0 Å². The highest BCUT2D eigenvalue weighted by Gasteiger charge is 2.44. The lowest BCUT2D eigenvalue weighted by Crippen LogP contribution is -2.57. The van der Waals surface area contributed by atoms with Crippen LogP contribution in [0.15, 0.2) is 115 Å². The van der Waals surface area contributed by atoms with Gasteiger partial charge in [-0.25, -0.2) is 0 Å². The van der Waals surface area contributed by atoms with Gasteiger partial charge in [-0.1, -0.05) is 136 Å². The van der Waals surface area contributed by atoms with Gasteiger partial charge in [0.15, 0.2) is 0 Å². The SMILES string of the molecule is CC(C)(C)C1OB(c2ccc(C(=C(c3ccccc3)c3ccccc3)c3ccccc3)cc2)O1. The zero-order chi connectivity index (χ0) is 23.5. The van der Waals surface area contributed by atoms with Gasteiger partial charge in [0.1, 0.15) is 6.29 Å². The Morgan fingerprint density at radius 3 is 1.24 bits per heavy atom. The smallest absolute Gasteiger partial charge is 0.382 e. The third kappa shape index (κ3) is 4.63. The molecule has 0 atom stereocenters. The molecule has 4 aromatic carbocycles. The molecule has 0 aliphatic carbocycles. The molecule has 4 aromatic rings. The van der Waals surface area contributed by atoms with E-state index in [1.165, 1.54) is 27.8 Å². The molecule has 1 aliphatic heterocycles. The van der Waals surface area contributed by atoms with Crippen LogP contribution in [0.4, 0.5) is 0 Å². The first-order valence-electron chi connectivity index (χ1n) is 11.8. The molecule has 1 heterocycles. The molecule has 3 heteroatoms. The second-order valence-corrected chi connectivity index (χ2v) is 9.77. The van der Waals surface area contributed by atoms with E-state index in [0.717, 1.165) is 11.0 Å². The highest BCUT2D eigenvalue weighted by molar-refractivity contribution is 6.62. The summed E-state index contributed by atoms with van der Waals surface area (Å²) in [6.45, 7) is 6.38. The van der Waals surface area contributed by atoms with Crippen molar-refractivity contribution in [1.29, 1.82) is 0 Å². The number of rotatable bonds is 5. The van der Waals surface area contributed by atoms with Crippen LogP contribution in [-0.4, -0.2) is 13.4 Å². The summed E-state index contributed by atoms with van der Waals surface area (Å²) in [7, 11) is -0.301. The summed E-state index contributed by atoms with van der Waals surface area (Å²) >= 11 is 0. The van der Waals surface area contributed by atoms with Crippen LogP contribution in [0.2, 0.25) is 0 Å². The Balaban J connectivity index is 1.61. The predicted octanol–water partition coefficient (Wildman–Crippen LogP) is 6.81. The van der Waals surface area contributed by atoms with Crippen molar-refractivity contribution in [2.24, 2.45) is 5.41 Å². The second-order valence-electron chi connectivity index (χ2n) is 9.77. The highest BCUT2D eigenvalue weighted by atomic mass is 16.8. The molecular weight excluding hydrogens is 415 g/mol. The van der Waals surface area contributed by atoms with E-state index in [1.807, 2.05) is 0 Å². The Labute approximate surface area is 203 Å². The zero-order valence-electron chi connectivity index (χ0n) is 19.9. The van der Waals surface area contributed by atoms with Crippen molar-refractivity contribution in [1.82, 2.24) is 0 Å². The van der Waals surface area contributed by atoms with E-state index in [9.17, 15) is 0 Å². The van der Waals surface area contributed by atoms with Gasteiger partial charge in [-0.15, -0.1) is 0 Å². The molecule has 1 fully saturated rings. The molecule has 0 spiro atoms. The topological polar surface area (TPSA) is 18.5 Å². The average Bonchev–Trinajstić information content (AvgIpc) is 2.83. The molecule has 0 saturated carbocycles. The third-order valence-corrected chi connectivity index (χ3v) is 6.11. The Morgan fingerprint density at radius 2 is 0.882 bits per heavy atom. The molecule has 0 bridgehead atoms. The van der Waals surface area contributed by atoms with Gasteiger partial charge in [-0.05, 0) is 38.9 Å². The van der Waals surface area contributed by atoms with Crippen LogP contribution >= 0.6 is 0 Å². The molecule has 34 heavy (non-hydrogen) atoms. The first-order valence-corrected chi connectivity index (χ1v) is 11.8. The van der Waals surface area contributed by atoms with E-state index >= 15 is 0 Å². The summed E-state index contributed by atoms with van der Waals surface area (Å²) in [5.41, 5.74) is 8.14. The summed E-state index contributed by atoms with van der Waals surface area (Å²) < 4.78 is 12.1. The Morgan fingerprint density at radius 1 is 0.529 bits per heavy atom. The molecule has 1 aliphatic rings. The van der Waals surface area contributed by atoms with Gasteiger partial charge in [0.05, 0.1) is 0 Å². The normalized spacial score (nSPS) is 13.9. The molecule has 0 unspecified atom stereocenters. The summed E-state index contributed by atoms with van der Waals surface area (Å²) in [6.07, 6.45) is -0.167. The van der Waals surface area contributed by atoms with Gasteiger partial charge in [-0.2, -0.15) is 0 Å². The summed E-state index contributed by atoms with van der Waals surface area (Å²) in [5, 5.41) is 0. The minimum atomic E-state index is -0.301. The van der Waals surface area contributed by atoms with Crippen LogP contribution in [0.5, 0.6) is 0 Å². The number of hydrogen-bond donors (Lipinski definition) is 0. The van der Waals surface area contributed by atoms with Crippen LogP contribution in [0.1, 0.15) is 43.0 Å². The van der Waals surface area contributed by atoms with Gasteiger partial charge >= 0.3 is 7.12 Å². The quantitative estimate of drug-likeness (QED) is 0.249. The summed E-state index contributed by atoms with van der Waals surface area (Å²) in [4.78, 5) is 0. The van der Waals surface area contributed by atoms with Crippen LogP contribution in [-0.2, 0) is 9.31 Å². The van der Waals surface area contributed by atoms with Crippen LogP contribution < -0.4 is 5.46 Å². The highest BCUT2D eigenvalue weighted by Crippen LogP contribution is 2.37. The van der Waals surface area contributed by atoms with Gasteiger partial charge < -0.3 is 9.31 Å². The molecular formula is C31H29BO2. The zero-order valence-corrected chi connectivity index (χ0v) is 19.9. The lowest BCUT2D eigenvalue weighted by atomic mass is 9.73. The van der Waals surface area contributed by atoms with Crippen molar-refractivity contribution >= 4 is 23.7 Å². The molecule has 0 amide bonds. The first kappa shape index (κ1) is 22.4. The maximum Gasteiger partial charge on any atom is 0.497 e. The van der Waals surface area contributed by atoms with E-state index in [1.54, 1.807) is 0 Å². The van der Waals surface area contributed by atoms with Gasteiger partial charge in [-0.3, -0.25) is 0 Å². The van der Waals surface area contributed by atoms with Crippen molar-refractivity contribution < 1.29 is 9.31 Å². The van der Waals surface area contributed by atoms with Crippen LogP contribution in [0, 0.1) is 5.41 Å². The number of hydrogen-bond acceptors (Lipinski definition) is 2. The standard InChI is InChI=1S/C31H29BO2/c1-31(2,3)30-33-32(34-30)27-21-19-26(20-22-27)29(25-17-11-6-12-18-25)28(23-13-7-4-8-14-23)24-15-9-5-10-16-24/h4-22,30H,1-3H3. The maximum atomic E-state index is 6.03. The molecule has 2 nitrogen and oxygen atoms in total. The van der Waals surface area contributed by atoms with Crippen LogP contribution in [0.25, 0.3) is 11.1 Å². The molecule has 1 saturated heterocycles. The first-order chi connectivity index (χ1) is 16.5. The van der Waals surface area contributed by atoms with Crippen molar-refractivity contribution in [3.63, 3.8) is 0 Å². The van der Waals surface area contributed by atoms with E-state index in [-0.39, 0.29) is 18.8 Å². The molecule has 5 rings (SSSR count). The Bertz CT molecular complexity index is 1210. The Hall–Kier alpha value is -3.40. The monoisotopic (exact) mass is 444 g/mol. The lowest BCUT2D eigenvalue weighted by molar-refractivity contribution is -0.167. The lowest BCUT2D eigenvalue weighted by Gasteiger charge is -2.42. The van der Waals surface area contributed by atoms with Crippen molar-refractivity contribution in [3.05, 3.63) is 138 Å². The fraction of sp³-hybridized carbons (Fsp3) is 0.161. The summed E-state index contributed by atoms with van der Waals surface area (Å²) in [6, 6.07) is 40.5. The maximum absolute atomic E-state index is 6.03. The van der Waals surface area contributed by atoms with Gasteiger partial charge in [0.25, 0.3) is 0 Å². The molecule has 0 radical (unpaired) electrons. The fourth-order valence-corrected chi connectivity index (χ4v) is 4.33. The fourth-order valence-electron chi connectivity index (χ4n) is 4.33. The summed E-state index contributed by atoms with van der Waals surface area (Å²) in [5.74, 6) is 0. The van der Waals surface area contributed by atoms with E-state index < -0.39 is 0 Å². The molecule has 0 N–H and O–H groups in total. The second kappa shape index (κ2) is 9.46. The van der Waals surface area contributed by atoms with Crippen molar-refractivity contribution in [3.8, 4) is 0 Å². The van der Waals surface area contributed by atoms with E-state index in [0.29, 0.717) is 0 Å². The average molecular weight is 444 g/mol. The predicted molar refractivity (Wildman–Crippen MR) is 142 cm³/mol. The minimum Gasteiger partial charge on any atom is -0.382 e. The van der Waals surface area contributed by atoms with Crippen molar-refractivity contribution in [2.45, 2.75) is 27.1 Å². The van der Waals surface area contributed by atoms with E-state index in [2.05, 4.69) is 136 Å². The molecule has 0 aromatic heterocycles. The minimum absolute atomic E-state index is 0.0279. The third-order valence-electron chi connectivity index (χ3n) is 6.11. The number of benzene rings is 4. The van der Waals surface area contributed by atoms with Crippen LogP contribution in [0.3, 0.4) is 0 Å². The van der Waals surface area contributed by atoms with Gasteiger partial charge in [0, 0.05) is 5.41 Å². The van der Waals surface area contributed by atoms with E-state index in [4.69, 9.17) is 9.31 Å².